The van der Waals surface area contributed by atoms with Gasteiger partial charge in [0.2, 0.25) is 5.88 Å². The van der Waals surface area contributed by atoms with E-state index in [-0.39, 0.29) is 18.3 Å². The third kappa shape index (κ3) is 4.64. The van der Waals surface area contributed by atoms with Crippen molar-refractivity contribution in [3.63, 3.8) is 0 Å². The molecule has 3 aromatic rings. The van der Waals surface area contributed by atoms with Crippen LogP contribution < -0.4 is 10.1 Å². The molecule has 26 heavy (non-hydrogen) atoms. The summed E-state index contributed by atoms with van der Waals surface area (Å²) < 4.78 is 18.5. The highest BCUT2D eigenvalue weighted by Crippen LogP contribution is 2.18. The van der Waals surface area contributed by atoms with Crippen LogP contribution in [-0.2, 0) is 0 Å². The minimum Gasteiger partial charge on any atom is -0.439 e. The van der Waals surface area contributed by atoms with Gasteiger partial charge in [-0.05, 0) is 35.9 Å². The maximum atomic E-state index is 12.9. The van der Waals surface area contributed by atoms with Crippen molar-refractivity contribution in [2.75, 3.05) is 6.54 Å². The Morgan fingerprint density at radius 1 is 1.08 bits per heavy atom. The molecule has 2 N–H and O–H groups in total. The Kier molecular flexibility index (Phi) is 5.56. The van der Waals surface area contributed by atoms with Crippen molar-refractivity contribution in [3.8, 4) is 11.6 Å². The maximum absolute atomic E-state index is 12.9. The molecule has 1 amide bonds. The molecular formula is C20H17FN2O3. The molecule has 2 aromatic carbocycles. The number of nitrogens with one attached hydrogen (secondary N) is 1. The van der Waals surface area contributed by atoms with Crippen molar-refractivity contribution in [1.29, 1.82) is 0 Å². The van der Waals surface area contributed by atoms with Gasteiger partial charge in [0.25, 0.3) is 5.91 Å². The molecule has 1 atom stereocenters. The zero-order valence-electron chi connectivity index (χ0n) is 13.8. The molecule has 0 spiro atoms. The van der Waals surface area contributed by atoms with Gasteiger partial charge in [-0.1, -0.05) is 30.3 Å². The highest BCUT2D eigenvalue weighted by atomic mass is 19.1. The van der Waals surface area contributed by atoms with Crippen molar-refractivity contribution in [2.45, 2.75) is 6.10 Å². The summed E-state index contributed by atoms with van der Waals surface area (Å²) in [5.41, 5.74) is 0.869. The average molecular weight is 352 g/mol. The fourth-order valence-electron chi connectivity index (χ4n) is 2.28. The number of benzene rings is 2. The fraction of sp³-hybridized carbons (Fsp3) is 0.100. The molecule has 6 heteroatoms. The third-order valence-corrected chi connectivity index (χ3v) is 3.67. The Morgan fingerprint density at radius 3 is 2.46 bits per heavy atom. The number of aromatic nitrogens is 1. The number of pyridine rings is 1. The normalized spacial score (nSPS) is 11.6. The van der Waals surface area contributed by atoms with Gasteiger partial charge in [0.1, 0.15) is 11.6 Å². The molecule has 0 fully saturated rings. The monoisotopic (exact) mass is 352 g/mol. The van der Waals surface area contributed by atoms with Gasteiger partial charge in [-0.2, -0.15) is 0 Å². The van der Waals surface area contributed by atoms with Gasteiger partial charge in [-0.25, -0.2) is 9.37 Å². The third-order valence-electron chi connectivity index (χ3n) is 3.67. The Hall–Kier alpha value is -3.25. The van der Waals surface area contributed by atoms with Crippen LogP contribution in [0.4, 0.5) is 4.39 Å². The minimum absolute atomic E-state index is 0.00668. The second-order valence-corrected chi connectivity index (χ2v) is 5.58. The first kappa shape index (κ1) is 17.6. The predicted molar refractivity (Wildman–Crippen MR) is 94.4 cm³/mol. The van der Waals surface area contributed by atoms with Crippen molar-refractivity contribution >= 4 is 5.91 Å². The quantitative estimate of drug-likeness (QED) is 0.712. The van der Waals surface area contributed by atoms with Crippen LogP contribution in [0.25, 0.3) is 0 Å². The number of hydrogen-bond acceptors (Lipinski definition) is 4. The molecule has 0 saturated carbocycles. The number of para-hydroxylation sites is 1. The van der Waals surface area contributed by atoms with E-state index in [0.29, 0.717) is 22.8 Å². The lowest BCUT2D eigenvalue weighted by Crippen LogP contribution is -2.28. The van der Waals surface area contributed by atoms with Crippen molar-refractivity contribution in [2.24, 2.45) is 0 Å². The molecule has 5 nitrogen and oxygen atoms in total. The molecule has 0 aliphatic rings. The van der Waals surface area contributed by atoms with Crippen molar-refractivity contribution in [3.05, 3.63) is 89.9 Å². The molecule has 0 aliphatic carbocycles. The van der Waals surface area contributed by atoms with E-state index in [1.807, 2.05) is 18.2 Å². The number of carbonyl (C=O) groups is 1. The fourth-order valence-corrected chi connectivity index (χ4v) is 2.28. The van der Waals surface area contributed by atoms with E-state index in [4.69, 9.17) is 4.74 Å². The number of nitrogens with zero attached hydrogens (tertiary/aromatic N) is 1. The molecule has 0 bridgehead atoms. The van der Waals surface area contributed by atoms with E-state index in [2.05, 4.69) is 10.3 Å². The van der Waals surface area contributed by atoms with Crippen LogP contribution in [0, 0.1) is 5.82 Å². The molecule has 1 aromatic heterocycles. The summed E-state index contributed by atoms with van der Waals surface area (Å²) in [5.74, 6) is 0.275. The van der Waals surface area contributed by atoms with E-state index in [1.165, 1.54) is 30.5 Å². The van der Waals surface area contributed by atoms with Gasteiger partial charge in [0, 0.05) is 18.8 Å². The lowest BCUT2D eigenvalue weighted by atomic mass is 10.1. The topological polar surface area (TPSA) is 71.5 Å². The van der Waals surface area contributed by atoms with Gasteiger partial charge in [-0.3, -0.25) is 4.79 Å². The van der Waals surface area contributed by atoms with Gasteiger partial charge < -0.3 is 15.2 Å². The Labute approximate surface area is 150 Å². The molecule has 0 saturated heterocycles. The lowest BCUT2D eigenvalue weighted by molar-refractivity contribution is 0.0916. The van der Waals surface area contributed by atoms with Gasteiger partial charge in [0.15, 0.2) is 0 Å². The summed E-state index contributed by atoms with van der Waals surface area (Å²) in [5, 5.41) is 12.7. The molecule has 1 unspecified atom stereocenters. The molecule has 0 radical (unpaired) electrons. The first-order valence-electron chi connectivity index (χ1n) is 8.02. The highest BCUT2D eigenvalue weighted by molar-refractivity contribution is 5.93. The van der Waals surface area contributed by atoms with Crippen LogP contribution in [0.3, 0.4) is 0 Å². The Bertz CT molecular complexity index is 852. The van der Waals surface area contributed by atoms with E-state index < -0.39 is 6.10 Å². The first-order valence-corrected chi connectivity index (χ1v) is 8.02. The molecular weight excluding hydrogens is 335 g/mol. The van der Waals surface area contributed by atoms with Gasteiger partial charge in [-0.15, -0.1) is 0 Å². The highest BCUT2D eigenvalue weighted by Gasteiger charge is 2.11. The average Bonchev–Trinajstić information content (AvgIpc) is 2.68. The van der Waals surface area contributed by atoms with Gasteiger partial charge in [0.05, 0.1) is 11.7 Å². The standard InChI is InChI=1S/C20H17FN2O3/c21-16-9-6-14(7-10-16)18(24)13-23-20(25)15-8-11-19(22-12-15)26-17-4-2-1-3-5-17/h1-12,18,24H,13H2,(H,23,25). The van der Waals surface area contributed by atoms with E-state index in [9.17, 15) is 14.3 Å². The number of ether oxygens (including phenoxy) is 1. The number of aliphatic hydroxyl groups excluding tert-OH is 1. The number of aliphatic hydroxyl groups is 1. The predicted octanol–water partition coefficient (Wildman–Crippen LogP) is 3.48. The van der Waals surface area contributed by atoms with Crippen LogP contribution in [0.15, 0.2) is 72.9 Å². The zero-order chi connectivity index (χ0) is 18.4. The molecule has 3 rings (SSSR count). The molecule has 1 heterocycles. The molecule has 0 aliphatic heterocycles. The van der Waals surface area contributed by atoms with Crippen LogP contribution in [0.5, 0.6) is 11.6 Å². The second-order valence-electron chi connectivity index (χ2n) is 5.58. The number of hydrogen-bond donors (Lipinski definition) is 2. The van der Waals surface area contributed by atoms with Gasteiger partial charge >= 0.3 is 0 Å². The van der Waals surface area contributed by atoms with Crippen molar-refractivity contribution in [1.82, 2.24) is 10.3 Å². The largest absolute Gasteiger partial charge is 0.439 e. The zero-order valence-corrected chi connectivity index (χ0v) is 13.8. The van der Waals surface area contributed by atoms with Crippen LogP contribution >= 0.6 is 0 Å². The SMILES string of the molecule is O=C(NCC(O)c1ccc(F)cc1)c1ccc(Oc2ccccc2)nc1. The summed E-state index contributed by atoms with van der Waals surface area (Å²) >= 11 is 0. The number of halogens is 1. The number of carbonyl (C=O) groups excluding carboxylic acids is 1. The summed E-state index contributed by atoms with van der Waals surface area (Å²) in [6.07, 6.45) is 0.478. The number of amides is 1. The lowest BCUT2D eigenvalue weighted by Gasteiger charge is -2.12. The maximum Gasteiger partial charge on any atom is 0.252 e. The van der Waals surface area contributed by atoms with Crippen LogP contribution in [0.1, 0.15) is 22.0 Å². The van der Waals surface area contributed by atoms with Crippen LogP contribution in [0.2, 0.25) is 0 Å². The van der Waals surface area contributed by atoms with E-state index in [1.54, 1.807) is 24.3 Å². The summed E-state index contributed by atoms with van der Waals surface area (Å²) in [7, 11) is 0. The van der Waals surface area contributed by atoms with E-state index >= 15 is 0 Å². The molecule has 132 valence electrons. The summed E-state index contributed by atoms with van der Waals surface area (Å²) in [4.78, 5) is 16.2. The Morgan fingerprint density at radius 2 is 1.81 bits per heavy atom. The second kappa shape index (κ2) is 8.22. The minimum atomic E-state index is -0.923. The smallest absolute Gasteiger partial charge is 0.252 e. The summed E-state index contributed by atoms with van der Waals surface area (Å²) in [6.45, 7) is 0.00668. The van der Waals surface area contributed by atoms with Crippen LogP contribution in [-0.4, -0.2) is 22.5 Å². The summed E-state index contributed by atoms with van der Waals surface area (Å²) in [6, 6.07) is 17.8. The Balaban J connectivity index is 1.55. The van der Waals surface area contributed by atoms with E-state index in [0.717, 1.165) is 0 Å². The first-order chi connectivity index (χ1) is 12.6. The number of rotatable bonds is 6. The van der Waals surface area contributed by atoms with Crippen molar-refractivity contribution < 1.29 is 19.0 Å².